The highest BCUT2D eigenvalue weighted by Gasteiger charge is 2.24. The van der Waals surface area contributed by atoms with Crippen molar-refractivity contribution in [3.05, 3.63) is 23.9 Å². The maximum absolute atomic E-state index is 11.7. The number of hydrogen-bond donors (Lipinski definition) is 3. The van der Waals surface area contributed by atoms with Crippen LogP contribution < -0.4 is 16.8 Å². The first kappa shape index (κ1) is 13.7. The standard InChI is InChI=1S/C15H21N5O/c1-9-4-2-3-5-11(9)19-14-10(15(17)21)8-18-20-12(14)6-7-13(20)16/h6-9,11,19H,2-5,16H2,1H3,(H2,17,21)/t9-,11+/m1/s1. The van der Waals surface area contributed by atoms with Gasteiger partial charge >= 0.3 is 0 Å². The lowest BCUT2D eigenvalue weighted by Crippen LogP contribution is -2.31. The minimum atomic E-state index is -0.476. The molecule has 0 spiro atoms. The van der Waals surface area contributed by atoms with E-state index in [1.807, 2.05) is 6.07 Å². The van der Waals surface area contributed by atoms with Crippen LogP contribution in [0.4, 0.5) is 11.5 Å². The van der Waals surface area contributed by atoms with Gasteiger partial charge in [-0.15, -0.1) is 0 Å². The van der Waals surface area contributed by atoms with E-state index < -0.39 is 5.91 Å². The number of nitrogens with two attached hydrogens (primary N) is 2. The average Bonchev–Trinajstić information content (AvgIpc) is 2.83. The molecule has 1 aliphatic rings. The predicted molar refractivity (Wildman–Crippen MR) is 83.2 cm³/mol. The maximum atomic E-state index is 11.7. The summed E-state index contributed by atoms with van der Waals surface area (Å²) >= 11 is 0. The van der Waals surface area contributed by atoms with Crippen molar-refractivity contribution in [1.82, 2.24) is 9.61 Å². The number of aromatic nitrogens is 2. The molecule has 0 unspecified atom stereocenters. The fourth-order valence-electron chi connectivity index (χ4n) is 3.14. The topological polar surface area (TPSA) is 98.4 Å². The number of rotatable bonds is 3. The second-order valence-corrected chi connectivity index (χ2v) is 5.87. The molecular weight excluding hydrogens is 266 g/mol. The Bertz CT molecular complexity index is 678. The zero-order valence-electron chi connectivity index (χ0n) is 12.2. The lowest BCUT2D eigenvalue weighted by molar-refractivity contribution is 0.100. The zero-order chi connectivity index (χ0) is 15.0. The summed E-state index contributed by atoms with van der Waals surface area (Å²) in [6.07, 6.45) is 6.27. The number of primary amides is 1. The second-order valence-electron chi connectivity index (χ2n) is 5.87. The summed E-state index contributed by atoms with van der Waals surface area (Å²) in [5.74, 6) is 0.636. The fourth-order valence-corrected chi connectivity index (χ4v) is 3.14. The van der Waals surface area contributed by atoms with Crippen LogP contribution in [0.25, 0.3) is 5.52 Å². The first-order chi connectivity index (χ1) is 10.1. The SMILES string of the molecule is C[C@@H]1CCCC[C@@H]1Nc1c(C(N)=O)cnn2c(N)ccc12. The van der Waals surface area contributed by atoms with Gasteiger partial charge in [0.25, 0.3) is 5.91 Å². The first-order valence-corrected chi connectivity index (χ1v) is 7.40. The minimum Gasteiger partial charge on any atom is -0.384 e. The van der Waals surface area contributed by atoms with Crippen LogP contribution in [-0.2, 0) is 0 Å². The average molecular weight is 287 g/mol. The van der Waals surface area contributed by atoms with E-state index in [-0.39, 0.29) is 0 Å². The van der Waals surface area contributed by atoms with Crippen molar-refractivity contribution in [1.29, 1.82) is 0 Å². The molecule has 0 radical (unpaired) electrons. The van der Waals surface area contributed by atoms with Gasteiger partial charge in [0.1, 0.15) is 5.82 Å². The maximum Gasteiger partial charge on any atom is 0.252 e. The van der Waals surface area contributed by atoms with Gasteiger partial charge in [-0.2, -0.15) is 5.10 Å². The van der Waals surface area contributed by atoms with Gasteiger partial charge < -0.3 is 16.8 Å². The summed E-state index contributed by atoms with van der Waals surface area (Å²) in [6, 6.07) is 3.99. The second kappa shape index (κ2) is 5.27. The Morgan fingerprint density at radius 3 is 2.86 bits per heavy atom. The molecule has 0 aromatic carbocycles. The first-order valence-electron chi connectivity index (χ1n) is 7.40. The molecule has 1 fully saturated rings. The molecule has 6 nitrogen and oxygen atoms in total. The molecule has 2 heterocycles. The summed E-state index contributed by atoms with van der Waals surface area (Å²) in [4.78, 5) is 11.7. The summed E-state index contributed by atoms with van der Waals surface area (Å²) in [5, 5.41) is 7.71. The highest BCUT2D eigenvalue weighted by atomic mass is 16.1. The molecule has 3 rings (SSSR count). The lowest BCUT2D eigenvalue weighted by Gasteiger charge is -2.31. The molecule has 1 saturated carbocycles. The van der Waals surface area contributed by atoms with Gasteiger partial charge in [-0.1, -0.05) is 19.8 Å². The van der Waals surface area contributed by atoms with E-state index >= 15 is 0 Å². The number of nitrogen functional groups attached to an aromatic ring is 1. The number of fused-ring (bicyclic) bond motifs is 1. The van der Waals surface area contributed by atoms with Gasteiger partial charge in [0.05, 0.1) is 23.0 Å². The van der Waals surface area contributed by atoms with E-state index in [9.17, 15) is 4.79 Å². The van der Waals surface area contributed by atoms with Gasteiger partial charge in [0.15, 0.2) is 0 Å². The molecule has 0 aliphatic heterocycles. The summed E-state index contributed by atoms with van der Waals surface area (Å²) in [7, 11) is 0. The number of anilines is 2. The molecule has 112 valence electrons. The van der Waals surface area contributed by atoms with Crippen molar-refractivity contribution >= 4 is 22.9 Å². The van der Waals surface area contributed by atoms with Gasteiger partial charge in [-0.05, 0) is 30.9 Å². The zero-order valence-corrected chi connectivity index (χ0v) is 12.2. The van der Waals surface area contributed by atoms with E-state index in [1.165, 1.54) is 25.5 Å². The van der Waals surface area contributed by atoms with Crippen LogP contribution in [0.2, 0.25) is 0 Å². The molecule has 0 bridgehead atoms. The molecule has 2 aromatic rings. The van der Waals surface area contributed by atoms with E-state index in [2.05, 4.69) is 17.3 Å². The fraction of sp³-hybridized carbons (Fsp3) is 0.467. The van der Waals surface area contributed by atoms with Crippen molar-refractivity contribution in [2.24, 2.45) is 11.7 Å². The van der Waals surface area contributed by atoms with Crippen LogP contribution in [0, 0.1) is 5.92 Å². The van der Waals surface area contributed by atoms with Crippen LogP contribution >= 0.6 is 0 Å². The molecule has 21 heavy (non-hydrogen) atoms. The third-order valence-corrected chi connectivity index (χ3v) is 4.42. The van der Waals surface area contributed by atoms with Crippen LogP contribution in [0.1, 0.15) is 43.0 Å². The Morgan fingerprint density at radius 1 is 1.38 bits per heavy atom. The predicted octanol–water partition coefficient (Wildman–Crippen LogP) is 2.01. The Kier molecular flexibility index (Phi) is 3.45. The molecule has 2 atom stereocenters. The summed E-state index contributed by atoms with van der Waals surface area (Å²) < 4.78 is 1.63. The van der Waals surface area contributed by atoms with Crippen molar-refractivity contribution < 1.29 is 4.79 Å². The van der Waals surface area contributed by atoms with Crippen molar-refractivity contribution in [3.8, 4) is 0 Å². The van der Waals surface area contributed by atoms with Gasteiger partial charge in [0, 0.05) is 6.04 Å². The molecule has 5 N–H and O–H groups in total. The minimum absolute atomic E-state index is 0.346. The highest BCUT2D eigenvalue weighted by molar-refractivity contribution is 6.02. The van der Waals surface area contributed by atoms with E-state index in [0.29, 0.717) is 23.3 Å². The largest absolute Gasteiger partial charge is 0.384 e. The Labute approximate surface area is 123 Å². The normalized spacial score (nSPS) is 22.3. The van der Waals surface area contributed by atoms with E-state index in [1.54, 1.807) is 10.6 Å². The van der Waals surface area contributed by atoms with Crippen LogP contribution in [0.5, 0.6) is 0 Å². The van der Waals surface area contributed by atoms with Crippen LogP contribution in [0.15, 0.2) is 18.3 Å². The van der Waals surface area contributed by atoms with Crippen LogP contribution in [0.3, 0.4) is 0 Å². The van der Waals surface area contributed by atoms with Crippen molar-refractivity contribution in [2.45, 2.75) is 38.6 Å². The number of carbonyl (C=O) groups excluding carboxylic acids is 1. The monoisotopic (exact) mass is 287 g/mol. The Balaban J connectivity index is 2.05. The molecule has 6 heteroatoms. The van der Waals surface area contributed by atoms with Crippen LogP contribution in [-0.4, -0.2) is 21.6 Å². The smallest absolute Gasteiger partial charge is 0.252 e. The number of nitrogens with zero attached hydrogens (tertiary/aromatic N) is 2. The molecule has 0 saturated heterocycles. The number of amides is 1. The molecule has 1 amide bonds. The summed E-state index contributed by atoms with van der Waals surface area (Å²) in [5.41, 5.74) is 13.3. The van der Waals surface area contributed by atoms with E-state index in [0.717, 1.165) is 17.6 Å². The van der Waals surface area contributed by atoms with Gasteiger partial charge in [-0.3, -0.25) is 4.79 Å². The molecule has 2 aromatic heterocycles. The highest BCUT2D eigenvalue weighted by Crippen LogP contribution is 2.30. The van der Waals surface area contributed by atoms with E-state index in [4.69, 9.17) is 11.5 Å². The molecule has 1 aliphatic carbocycles. The quantitative estimate of drug-likeness (QED) is 0.804. The third-order valence-electron chi connectivity index (χ3n) is 4.42. The van der Waals surface area contributed by atoms with Gasteiger partial charge in [0.2, 0.25) is 0 Å². The number of carbonyl (C=O) groups is 1. The summed E-state index contributed by atoms with van der Waals surface area (Å²) in [6.45, 7) is 2.24. The number of nitrogens with one attached hydrogen (secondary N) is 1. The lowest BCUT2D eigenvalue weighted by atomic mass is 9.85. The van der Waals surface area contributed by atoms with Crippen molar-refractivity contribution in [3.63, 3.8) is 0 Å². The number of hydrogen-bond acceptors (Lipinski definition) is 4. The van der Waals surface area contributed by atoms with Crippen molar-refractivity contribution in [2.75, 3.05) is 11.1 Å². The van der Waals surface area contributed by atoms with Gasteiger partial charge in [-0.25, -0.2) is 4.52 Å². The Morgan fingerprint density at radius 2 is 2.14 bits per heavy atom. The third kappa shape index (κ3) is 2.41. The molecular formula is C15H21N5O. The Hall–Kier alpha value is -2.24.